The average Bonchev–Trinajstić information content (AvgIpc) is 2.46. The van der Waals surface area contributed by atoms with E-state index < -0.39 is 24.8 Å². The fourth-order valence-electron chi connectivity index (χ4n) is 1.72. The fraction of sp³-hybridized carbons (Fsp3) is 0.562. The normalized spacial score (nSPS) is 13.0. The molecule has 1 rings (SSSR count). The smallest absolute Gasteiger partial charge is 0.411 e. The Kier molecular flexibility index (Phi) is 7.50. The van der Waals surface area contributed by atoms with Crippen LogP contribution in [0.5, 0.6) is 5.75 Å². The average molecular weight is 348 g/mol. The van der Waals surface area contributed by atoms with Crippen LogP contribution in [0.2, 0.25) is 0 Å². The summed E-state index contributed by atoms with van der Waals surface area (Å²) in [6.07, 6.45) is -5.71. The molecule has 0 aliphatic heterocycles. The number of hydrogen-bond acceptors (Lipinski definition) is 4. The van der Waals surface area contributed by atoms with Gasteiger partial charge < -0.3 is 19.7 Å². The molecular weight excluding hydrogens is 325 g/mol. The van der Waals surface area contributed by atoms with Gasteiger partial charge >= 0.3 is 6.18 Å². The molecule has 0 fully saturated rings. The number of nitrogens with zero attached hydrogens (tertiary/aromatic N) is 1. The van der Waals surface area contributed by atoms with Crippen molar-refractivity contribution < 1.29 is 27.4 Å². The van der Waals surface area contributed by atoms with Gasteiger partial charge in [-0.15, -0.1) is 0 Å². The Morgan fingerprint density at radius 1 is 1.33 bits per heavy atom. The predicted octanol–water partition coefficient (Wildman–Crippen LogP) is 2.84. The molecule has 0 unspecified atom stereocenters. The second-order valence-electron chi connectivity index (χ2n) is 5.71. The summed E-state index contributed by atoms with van der Waals surface area (Å²) in [6, 6.07) is 5.18. The van der Waals surface area contributed by atoms with Crippen molar-refractivity contribution in [3.05, 3.63) is 23.8 Å². The minimum atomic E-state index is -4.47. The summed E-state index contributed by atoms with van der Waals surface area (Å²) >= 11 is 0. The molecule has 1 amide bonds. The molecule has 0 spiro atoms. The number of halogens is 3. The first kappa shape index (κ1) is 20.2. The van der Waals surface area contributed by atoms with Crippen LogP contribution in [0.4, 0.5) is 18.9 Å². The second-order valence-corrected chi connectivity index (χ2v) is 5.71. The van der Waals surface area contributed by atoms with Crippen molar-refractivity contribution in [3.8, 4) is 5.75 Å². The Bertz CT molecular complexity index is 548. The van der Waals surface area contributed by atoms with E-state index in [4.69, 9.17) is 4.74 Å². The molecule has 0 bridgehead atoms. The summed E-state index contributed by atoms with van der Waals surface area (Å²) in [7, 11) is 3.81. The fourth-order valence-corrected chi connectivity index (χ4v) is 1.72. The molecule has 5 nitrogen and oxygen atoms in total. The van der Waals surface area contributed by atoms with Crippen LogP contribution in [0.25, 0.3) is 0 Å². The Labute approximate surface area is 139 Å². The third-order valence-electron chi connectivity index (χ3n) is 3.06. The first-order valence-electron chi connectivity index (χ1n) is 7.46. The van der Waals surface area contributed by atoms with Crippen LogP contribution in [0.1, 0.15) is 12.5 Å². The highest BCUT2D eigenvalue weighted by atomic mass is 19.4. The van der Waals surface area contributed by atoms with Crippen LogP contribution in [-0.4, -0.2) is 56.9 Å². The Balaban J connectivity index is 2.69. The predicted molar refractivity (Wildman–Crippen MR) is 85.3 cm³/mol. The summed E-state index contributed by atoms with van der Waals surface area (Å²) < 4.78 is 46.6. The van der Waals surface area contributed by atoms with Crippen molar-refractivity contribution in [2.75, 3.05) is 39.2 Å². The zero-order valence-corrected chi connectivity index (χ0v) is 14.2. The summed E-state index contributed by atoms with van der Waals surface area (Å²) in [5.41, 5.74) is 1.33. The Morgan fingerprint density at radius 3 is 2.58 bits per heavy atom. The molecule has 1 aromatic carbocycles. The lowest BCUT2D eigenvalue weighted by Gasteiger charge is -2.18. The third kappa shape index (κ3) is 7.65. The molecule has 0 aromatic heterocycles. The molecular formula is C16H23F3N2O3. The van der Waals surface area contributed by atoms with Crippen LogP contribution in [0.15, 0.2) is 18.2 Å². The number of benzene rings is 1. The molecule has 1 atom stereocenters. The van der Waals surface area contributed by atoms with Gasteiger partial charge in [0.2, 0.25) is 0 Å². The summed E-state index contributed by atoms with van der Waals surface area (Å²) in [6.45, 7) is 2.77. The van der Waals surface area contributed by atoms with Gasteiger partial charge in [-0.2, -0.15) is 13.2 Å². The molecule has 1 aromatic rings. The van der Waals surface area contributed by atoms with E-state index in [2.05, 4.69) is 10.1 Å². The number of hydrogen-bond donors (Lipinski definition) is 1. The van der Waals surface area contributed by atoms with Gasteiger partial charge in [0.1, 0.15) is 25.1 Å². The van der Waals surface area contributed by atoms with Crippen molar-refractivity contribution in [1.82, 2.24) is 4.90 Å². The van der Waals surface area contributed by atoms with E-state index in [0.717, 1.165) is 5.56 Å². The molecule has 24 heavy (non-hydrogen) atoms. The second kappa shape index (κ2) is 8.89. The number of ether oxygens (including phenoxy) is 2. The minimum absolute atomic E-state index is 0.395. The summed E-state index contributed by atoms with van der Waals surface area (Å²) in [5, 5.41) is 2.54. The number of nitrogens with one attached hydrogen (secondary N) is 1. The summed E-state index contributed by atoms with van der Waals surface area (Å²) in [4.78, 5) is 13.9. The van der Waals surface area contributed by atoms with Crippen molar-refractivity contribution in [2.24, 2.45) is 0 Å². The van der Waals surface area contributed by atoms with Crippen molar-refractivity contribution in [3.63, 3.8) is 0 Å². The number of anilines is 1. The van der Waals surface area contributed by atoms with Crippen molar-refractivity contribution in [1.29, 1.82) is 0 Å². The largest absolute Gasteiger partial charge is 0.490 e. The van der Waals surface area contributed by atoms with Gasteiger partial charge in [-0.05, 0) is 45.6 Å². The molecule has 0 radical (unpaired) electrons. The minimum Gasteiger partial charge on any atom is -0.490 e. The zero-order valence-electron chi connectivity index (χ0n) is 14.2. The van der Waals surface area contributed by atoms with Crippen LogP contribution in [0, 0.1) is 6.92 Å². The number of likely N-dealkylation sites (N-methyl/N-ethyl adjacent to an activating group) is 1. The lowest BCUT2D eigenvalue weighted by atomic mass is 10.2. The van der Waals surface area contributed by atoms with E-state index in [0.29, 0.717) is 24.6 Å². The SMILES string of the molecule is Cc1ccc(NC(=O)[C@H](C)OCC(F)(F)F)c(OCCN(C)C)c1. The Hall–Kier alpha value is -1.80. The van der Waals surface area contributed by atoms with Gasteiger partial charge in [0.25, 0.3) is 5.91 Å². The van der Waals surface area contributed by atoms with E-state index in [-0.39, 0.29) is 0 Å². The highest BCUT2D eigenvalue weighted by Gasteiger charge is 2.30. The van der Waals surface area contributed by atoms with Gasteiger partial charge in [0, 0.05) is 6.54 Å². The maximum Gasteiger partial charge on any atom is 0.411 e. The van der Waals surface area contributed by atoms with Crippen LogP contribution >= 0.6 is 0 Å². The van der Waals surface area contributed by atoms with E-state index in [9.17, 15) is 18.0 Å². The van der Waals surface area contributed by atoms with E-state index in [1.165, 1.54) is 6.92 Å². The molecule has 1 N–H and O–H groups in total. The first-order valence-corrected chi connectivity index (χ1v) is 7.46. The van der Waals surface area contributed by atoms with Gasteiger partial charge in [-0.1, -0.05) is 6.07 Å². The molecule has 8 heteroatoms. The third-order valence-corrected chi connectivity index (χ3v) is 3.06. The quantitative estimate of drug-likeness (QED) is 0.785. The van der Waals surface area contributed by atoms with E-state index in [1.807, 2.05) is 25.9 Å². The molecule has 0 aliphatic carbocycles. The van der Waals surface area contributed by atoms with Gasteiger partial charge in [0.05, 0.1) is 5.69 Å². The van der Waals surface area contributed by atoms with E-state index in [1.54, 1.807) is 18.2 Å². The first-order chi connectivity index (χ1) is 11.1. The van der Waals surface area contributed by atoms with Crippen LogP contribution < -0.4 is 10.1 Å². The van der Waals surface area contributed by atoms with Crippen LogP contribution in [0.3, 0.4) is 0 Å². The number of rotatable bonds is 8. The number of amides is 1. The van der Waals surface area contributed by atoms with Crippen LogP contribution in [-0.2, 0) is 9.53 Å². The number of carbonyl (C=O) groups is 1. The highest BCUT2D eigenvalue weighted by molar-refractivity contribution is 5.95. The number of carbonyl (C=O) groups excluding carboxylic acids is 1. The van der Waals surface area contributed by atoms with E-state index >= 15 is 0 Å². The molecule has 0 aliphatic rings. The standard InChI is InChI=1S/C16H23F3N2O3/c1-11-5-6-13(14(9-11)23-8-7-21(3)4)20-15(22)12(2)24-10-16(17,18)19/h5-6,9,12H,7-8,10H2,1-4H3,(H,20,22)/t12-/m0/s1. The topological polar surface area (TPSA) is 50.8 Å². The van der Waals surface area contributed by atoms with Crippen molar-refractivity contribution in [2.45, 2.75) is 26.1 Å². The highest BCUT2D eigenvalue weighted by Crippen LogP contribution is 2.26. The Morgan fingerprint density at radius 2 is 2.00 bits per heavy atom. The lowest BCUT2D eigenvalue weighted by Crippen LogP contribution is -2.31. The van der Waals surface area contributed by atoms with Gasteiger partial charge in [-0.3, -0.25) is 4.79 Å². The number of aryl methyl sites for hydroxylation is 1. The van der Waals surface area contributed by atoms with Gasteiger partial charge in [-0.25, -0.2) is 0 Å². The molecule has 0 heterocycles. The maximum absolute atomic E-state index is 12.1. The lowest BCUT2D eigenvalue weighted by molar-refractivity contribution is -0.184. The maximum atomic E-state index is 12.1. The number of alkyl halides is 3. The molecule has 136 valence electrons. The summed E-state index contributed by atoms with van der Waals surface area (Å²) in [5.74, 6) is -0.200. The van der Waals surface area contributed by atoms with Gasteiger partial charge in [0.15, 0.2) is 0 Å². The molecule has 0 saturated carbocycles. The van der Waals surface area contributed by atoms with Crippen molar-refractivity contribution >= 4 is 11.6 Å². The zero-order chi connectivity index (χ0) is 18.3. The molecule has 0 saturated heterocycles. The monoisotopic (exact) mass is 348 g/mol.